The third kappa shape index (κ3) is 1.48. The van der Waals surface area contributed by atoms with Crippen LogP contribution in [0.5, 0.6) is 0 Å². The van der Waals surface area contributed by atoms with Crippen LogP contribution in [0.15, 0.2) is 29.2 Å². The van der Waals surface area contributed by atoms with Gasteiger partial charge in [0.05, 0.1) is 24.4 Å². The summed E-state index contributed by atoms with van der Waals surface area (Å²) < 4.78 is 4.96. The third-order valence-corrected chi connectivity index (χ3v) is 1.91. The first kappa shape index (κ1) is 8.07. The molecule has 4 heteroatoms. The monoisotopic (exact) mass is 178 g/mol. The molecule has 2 N–H and O–H groups in total. The maximum absolute atomic E-state index is 8.79. The Morgan fingerprint density at radius 2 is 2.46 bits per heavy atom. The van der Waals surface area contributed by atoms with Crippen molar-refractivity contribution in [3.63, 3.8) is 0 Å². The minimum atomic E-state index is 0.129. The lowest BCUT2D eigenvalue weighted by molar-refractivity contribution is 0.300. The van der Waals surface area contributed by atoms with Gasteiger partial charge in [-0.1, -0.05) is 0 Å². The Labute approximate surface area is 75.2 Å². The molecule has 13 heavy (non-hydrogen) atoms. The van der Waals surface area contributed by atoms with Crippen molar-refractivity contribution >= 4 is 0 Å². The molecule has 0 aliphatic carbocycles. The van der Waals surface area contributed by atoms with E-state index < -0.39 is 0 Å². The molecule has 0 aliphatic heterocycles. The van der Waals surface area contributed by atoms with Crippen LogP contribution in [0.4, 0.5) is 0 Å². The van der Waals surface area contributed by atoms with E-state index in [4.69, 9.17) is 9.52 Å². The molecule has 0 radical (unpaired) electrons. The summed E-state index contributed by atoms with van der Waals surface area (Å²) in [4.78, 5) is 0. The van der Waals surface area contributed by atoms with Gasteiger partial charge < -0.3 is 9.52 Å². The van der Waals surface area contributed by atoms with Gasteiger partial charge in [-0.3, -0.25) is 5.10 Å². The first-order chi connectivity index (χ1) is 6.42. The van der Waals surface area contributed by atoms with Gasteiger partial charge in [0, 0.05) is 17.7 Å². The predicted molar refractivity (Wildman–Crippen MR) is 47.1 cm³/mol. The van der Waals surface area contributed by atoms with Gasteiger partial charge in [-0.25, -0.2) is 0 Å². The molecule has 4 nitrogen and oxygen atoms in total. The lowest BCUT2D eigenvalue weighted by Gasteiger charge is -1.96. The van der Waals surface area contributed by atoms with Gasteiger partial charge in [0.15, 0.2) is 0 Å². The standard InChI is InChI=1S/C9H10N2O2/c12-3-1-7-5-10-11-9(7)8-2-4-13-6-8/h2,4-6,12H,1,3H2,(H,10,11). The van der Waals surface area contributed by atoms with Crippen molar-refractivity contribution in [1.29, 1.82) is 0 Å². The maximum Gasteiger partial charge on any atom is 0.0996 e. The molecule has 0 bridgehead atoms. The number of aromatic amines is 1. The van der Waals surface area contributed by atoms with E-state index in [1.54, 1.807) is 18.7 Å². The normalized spacial score (nSPS) is 10.5. The number of aliphatic hydroxyl groups is 1. The smallest absolute Gasteiger partial charge is 0.0996 e. The number of furan rings is 1. The molecule has 0 saturated heterocycles. The zero-order chi connectivity index (χ0) is 9.10. The SMILES string of the molecule is OCCc1cn[nH]c1-c1ccoc1. The van der Waals surface area contributed by atoms with E-state index in [2.05, 4.69) is 10.2 Å². The fourth-order valence-electron chi connectivity index (χ4n) is 1.28. The average Bonchev–Trinajstić information content (AvgIpc) is 2.71. The number of nitrogens with zero attached hydrogens (tertiary/aromatic N) is 1. The van der Waals surface area contributed by atoms with Gasteiger partial charge >= 0.3 is 0 Å². The van der Waals surface area contributed by atoms with Gasteiger partial charge in [0.25, 0.3) is 0 Å². The lowest BCUT2D eigenvalue weighted by atomic mass is 10.1. The Morgan fingerprint density at radius 3 is 3.15 bits per heavy atom. The van der Waals surface area contributed by atoms with E-state index >= 15 is 0 Å². The van der Waals surface area contributed by atoms with Gasteiger partial charge in [0.1, 0.15) is 0 Å². The Kier molecular flexibility index (Phi) is 2.14. The van der Waals surface area contributed by atoms with Crippen LogP contribution in [0.2, 0.25) is 0 Å². The number of hydrogen-bond donors (Lipinski definition) is 2. The third-order valence-electron chi connectivity index (χ3n) is 1.91. The van der Waals surface area contributed by atoms with E-state index in [1.807, 2.05) is 6.07 Å². The number of aliphatic hydroxyl groups excluding tert-OH is 1. The summed E-state index contributed by atoms with van der Waals surface area (Å²) >= 11 is 0. The Hall–Kier alpha value is -1.55. The molecule has 2 rings (SSSR count). The lowest BCUT2D eigenvalue weighted by Crippen LogP contribution is -1.90. The summed E-state index contributed by atoms with van der Waals surface area (Å²) in [5.74, 6) is 0. The molecule has 0 aliphatic rings. The van der Waals surface area contributed by atoms with Crippen molar-refractivity contribution in [3.8, 4) is 11.3 Å². The van der Waals surface area contributed by atoms with Gasteiger partial charge in [-0.15, -0.1) is 0 Å². The molecule has 2 aromatic rings. The Bertz CT molecular complexity index is 365. The van der Waals surface area contributed by atoms with E-state index in [1.165, 1.54) is 0 Å². The largest absolute Gasteiger partial charge is 0.472 e. The summed E-state index contributed by atoms with van der Waals surface area (Å²) in [6.45, 7) is 0.129. The van der Waals surface area contributed by atoms with E-state index in [0.717, 1.165) is 16.8 Å². The highest BCUT2D eigenvalue weighted by atomic mass is 16.3. The number of rotatable bonds is 3. The Balaban J connectivity index is 2.35. The summed E-state index contributed by atoms with van der Waals surface area (Å²) in [5, 5.41) is 15.6. The molecule has 0 amide bonds. The fraction of sp³-hybridized carbons (Fsp3) is 0.222. The molecular formula is C9H10N2O2. The van der Waals surface area contributed by atoms with E-state index in [0.29, 0.717) is 6.42 Å². The van der Waals surface area contributed by atoms with E-state index in [9.17, 15) is 0 Å². The number of nitrogens with one attached hydrogen (secondary N) is 1. The molecule has 0 aromatic carbocycles. The van der Waals surface area contributed by atoms with Crippen molar-refractivity contribution in [3.05, 3.63) is 30.4 Å². The van der Waals surface area contributed by atoms with Crippen LogP contribution in [0.3, 0.4) is 0 Å². The van der Waals surface area contributed by atoms with Crippen LogP contribution in [0, 0.1) is 0 Å². The minimum absolute atomic E-state index is 0.129. The second kappa shape index (κ2) is 3.45. The molecule has 68 valence electrons. The van der Waals surface area contributed by atoms with Gasteiger partial charge in [0.2, 0.25) is 0 Å². The molecule has 0 saturated carbocycles. The van der Waals surface area contributed by atoms with Crippen LogP contribution in [-0.2, 0) is 6.42 Å². The van der Waals surface area contributed by atoms with Crippen molar-refractivity contribution in [2.24, 2.45) is 0 Å². The number of H-pyrrole nitrogens is 1. The molecular weight excluding hydrogens is 168 g/mol. The zero-order valence-corrected chi connectivity index (χ0v) is 7.03. The molecule has 2 heterocycles. The fourth-order valence-corrected chi connectivity index (χ4v) is 1.28. The van der Waals surface area contributed by atoms with Crippen LogP contribution in [0.1, 0.15) is 5.56 Å². The number of aromatic nitrogens is 2. The minimum Gasteiger partial charge on any atom is -0.472 e. The molecule has 0 spiro atoms. The molecule has 0 fully saturated rings. The van der Waals surface area contributed by atoms with Crippen LogP contribution in [-0.4, -0.2) is 21.9 Å². The first-order valence-corrected chi connectivity index (χ1v) is 4.07. The highest BCUT2D eigenvalue weighted by molar-refractivity contribution is 5.60. The van der Waals surface area contributed by atoms with Crippen molar-refractivity contribution in [2.75, 3.05) is 6.61 Å². The maximum atomic E-state index is 8.79. The summed E-state index contributed by atoms with van der Waals surface area (Å²) in [6.07, 6.45) is 5.59. The van der Waals surface area contributed by atoms with Gasteiger partial charge in [-0.2, -0.15) is 5.10 Å². The second-order valence-electron chi connectivity index (χ2n) is 2.76. The van der Waals surface area contributed by atoms with Gasteiger partial charge in [-0.05, 0) is 12.5 Å². The van der Waals surface area contributed by atoms with Crippen LogP contribution < -0.4 is 0 Å². The first-order valence-electron chi connectivity index (χ1n) is 4.07. The summed E-state index contributed by atoms with van der Waals surface area (Å²) in [7, 11) is 0. The number of hydrogen-bond acceptors (Lipinski definition) is 3. The van der Waals surface area contributed by atoms with E-state index in [-0.39, 0.29) is 6.61 Å². The highest BCUT2D eigenvalue weighted by Crippen LogP contribution is 2.21. The summed E-state index contributed by atoms with van der Waals surface area (Å²) in [6, 6.07) is 1.86. The molecule has 0 atom stereocenters. The highest BCUT2D eigenvalue weighted by Gasteiger charge is 2.07. The van der Waals surface area contributed by atoms with Crippen molar-refractivity contribution < 1.29 is 9.52 Å². The topological polar surface area (TPSA) is 62.1 Å². The summed E-state index contributed by atoms with van der Waals surface area (Å²) in [5.41, 5.74) is 2.88. The second-order valence-corrected chi connectivity index (χ2v) is 2.76. The Morgan fingerprint density at radius 1 is 1.54 bits per heavy atom. The zero-order valence-electron chi connectivity index (χ0n) is 7.03. The van der Waals surface area contributed by atoms with Crippen molar-refractivity contribution in [2.45, 2.75) is 6.42 Å². The van der Waals surface area contributed by atoms with Crippen LogP contribution >= 0.6 is 0 Å². The molecule has 0 unspecified atom stereocenters. The van der Waals surface area contributed by atoms with Crippen molar-refractivity contribution in [1.82, 2.24) is 10.2 Å². The predicted octanol–water partition coefficient (Wildman–Crippen LogP) is 1.20. The average molecular weight is 178 g/mol. The van der Waals surface area contributed by atoms with Crippen LogP contribution in [0.25, 0.3) is 11.3 Å². The quantitative estimate of drug-likeness (QED) is 0.742. The molecule has 2 aromatic heterocycles.